The molecule has 1 saturated heterocycles. The number of aliphatic hydroxyl groups excluding tert-OH is 3. The summed E-state index contributed by atoms with van der Waals surface area (Å²) in [6, 6.07) is 0. The van der Waals surface area contributed by atoms with Crippen LogP contribution < -0.4 is 11.2 Å². The summed E-state index contributed by atoms with van der Waals surface area (Å²) >= 11 is 2.92. The van der Waals surface area contributed by atoms with Crippen molar-refractivity contribution in [2.75, 3.05) is 6.61 Å². The smallest absolute Gasteiger partial charge is 0.325 e. The number of aromatic nitrogens is 2. The van der Waals surface area contributed by atoms with Gasteiger partial charge in [0.15, 0.2) is 6.29 Å². The minimum absolute atomic E-state index is 0.200. The average molecular weight is 325 g/mol. The molecular formula is C9H13BrN2O6. The first kappa shape index (κ1) is 15.1. The summed E-state index contributed by atoms with van der Waals surface area (Å²) in [7, 11) is 0. The lowest BCUT2D eigenvalue weighted by Crippen LogP contribution is -2.24. The zero-order chi connectivity index (χ0) is 13.7. The number of rotatable bonds is 1. The third kappa shape index (κ3) is 4.35. The third-order valence-electron chi connectivity index (χ3n) is 2.16. The average Bonchev–Trinajstić information content (AvgIpc) is 2.64. The van der Waals surface area contributed by atoms with Crippen molar-refractivity contribution >= 4 is 15.9 Å². The van der Waals surface area contributed by atoms with Crippen LogP contribution in [0.1, 0.15) is 6.42 Å². The van der Waals surface area contributed by atoms with Gasteiger partial charge in [-0.25, -0.2) is 4.79 Å². The van der Waals surface area contributed by atoms with Crippen LogP contribution >= 0.6 is 15.9 Å². The van der Waals surface area contributed by atoms with Crippen molar-refractivity contribution in [1.82, 2.24) is 9.97 Å². The van der Waals surface area contributed by atoms with Crippen LogP contribution in [0.3, 0.4) is 0 Å². The van der Waals surface area contributed by atoms with Gasteiger partial charge in [0.1, 0.15) is 6.10 Å². The molecule has 1 aromatic heterocycles. The van der Waals surface area contributed by atoms with Crippen LogP contribution in [0.25, 0.3) is 0 Å². The van der Waals surface area contributed by atoms with E-state index in [1.165, 1.54) is 6.20 Å². The van der Waals surface area contributed by atoms with Crippen LogP contribution in [0.15, 0.2) is 20.3 Å². The number of hydrogen-bond donors (Lipinski definition) is 5. The molecule has 0 bridgehead atoms. The second kappa shape index (κ2) is 6.81. The number of aliphatic hydroxyl groups is 3. The highest BCUT2D eigenvalue weighted by atomic mass is 79.9. The molecule has 3 atom stereocenters. The van der Waals surface area contributed by atoms with Gasteiger partial charge in [0.2, 0.25) is 0 Å². The van der Waals surface area contributed by atoms with Crippen molar-refractivity contribution in [3.05, 3.63) is 31.5 Å². The predicted molar refractivity (Wildman–Crippen MR) is 64.0 cm³/mol. The van der Waals surface area contributed by atoms with Crippen molar-refractivity contribution in [3.8, 4) is 0 Å². The standard InChI is InChI=1S/C5H10O4.C4H3BrN2O2/c6-2-4-3(7)1-5(8)9-4;5-2-1-6-4(9)7-3(2)8/h3-8H,1-2H2;1H,(H2,6,7,8,9)/t3-,4+,5?;/m0./s1. The summed E-state index contributed by atoms with van der Waals surface area (Å²) < 4.78 is 5.00. The zero-order valence-corrected chi connectivity index (χ0v) is 10.8. The van der Waals surface area contributed by atoms with Gasteiger partial charge < -0.3 is 25.0 Å². The Hall–Kier alpha value is -1.00. The van der Waals surface area contributed by atoms with Gasteiger partial charge in [-0.05, 0) is 15.9 Å². The van der Waals surface area contributed by atoms with Crippen LogP contribution in [0.5, 0.6) is 0 Å². The number of ether oxygens (including phenoxy) is 1. The molecule has 0 aliphatic carbocycles. The zero-order valence-electron chi connectivity index (χ0n) is 9.17. The highest BCUT2D eigenvalue weighted by molar-refractivity contribution is 9.10. The van der Waals surface area contributed by atoms with E-state index in [-0.39, 0.29) is 13.0 Å². The summed E-state index contributed by atoms with van der Waals surface area (Å²) in [5.74, 6) is 0. The van der Waals surface area contributed by atoms with E-state index in [1.807, 2.05) is 4.98 Å². The fourth-order valence-electron chi connectivity index (χ4n) is 1.26. The molecule has 18 heavy (non-hydrogen) atoms. The minimum atomic E-state index is -0.905. The van der Waals surface area contributed by atoms with Crippen molar-refractivity contribution in [2.45, 2.75) is 24.9 Å². The van der Waals surface area contributed by atoms with E-state index in [9.17, 15) is 9.59 Å². The van der Waals surface area contributed by atoms with E-state index in [1.54, 1.807) is 0 Å². The molecule has 9 heteroatoms. The monoisotopic (exact) mass is 324 g/mol. The second-order valence-corrected chi connectivity index (χ2v) is 4.39. The Kier molecular flexibility index (Phi) is 5.69. The van der Waals surface area contributed by atoms with Crippen LogP contribution in [0, 0.1) is 0 Å². The molecule has 0 radical (unpaired) electrons. The topological polar surface area (TPSA) is 136 Å². The SMILES string of the molecule is O=c1[nH]cc(Br)c(=O)[nH]1.OC[C@H]1OC(O)C[C@@H]1O. The van der Waals surface area contributed by atoms with E-state index in [0.29, 0.717) is 4.47 Å². The largest absolute Gasteiger partial charge is 0.394 e. The maximum atomic E-state index is 10.5. The van der Waals surface area contributed by atoms with E-state index in [2.05, 4.69) is 25.7 Å². The van der Waals surface area contributed by atoms with Gasteiger partial charge >= 0.3 is 5.69 Å². The van der Waals surface area contributed by atoms with Gasteiger partial charge in [-0.2, -0.15) is 0 Å². The normalized spacial score (nSPS) is 26.6. The van der Waals surface area contributed by atoms with E-state index < -0.39 is 29.7 Å². The minimum Gasteiger partial charge on any atom is -0.394 e. The molecule has 8 nitrogen and oxygen atoms in total. The number of nitrogens with one attached hydrogen (secondary N) is 2. The molecule has 0 spiro atoms. The molecule has 0 aromatic carbocycles. The van der Waals surface area contributed by atoms with Crippen molar-refractivity contribution in [3.63, 3.8) is 0 Å². The number of halogens is 1. The summed E-state index contributed by atoms with van der Waals surface area (Å²) in [6.07, 6.45) is -0.728. The molecule has 1 fully saturated rings. The molecule has 1 aromatic rings. The number of H-pyrrole nitrogens is 2. The van der Waals surface area contributed by atoms with Crippen LogP contribution in [0.2, 0.25) is 0 Å². The van der Waals surface area contributed by atoms with Gasteiger partial charge in [0, 0.05) is 12.6 Å². The third-order valence-corrected chi connectivity index (χ3v) is 2.75. The maximum Gasteiger partial charge on any atom is 0.325 e. The first-order valence-electron chi connectivity index (χ1n) is 5.04. The summed E-state index contributed by atoms with van der Waals surface area (Å²) in [5.41, 5.74) is -0.915. The Morgan fingerprint density at radius 1 is 1.44 bits per heavy atom. The fourth-order valence-corrected chi connectivity index (χ4v) is 1.48. The van der Waals surface area contributed by atoms with E-state index in [0.717, 1.165) is 0 Å². The fraction of sp³-hybridized carbons (Fsp3) is 0.556. The van der Waals surface area contributed by atoms with E-state index >= 15 is 0 Å². The van der Waals surface area contributed by atoms with Crippen LogP contribution in [-0.2, 0) is 4.74 Å². The second-order valence-electron chi connectivity index (χ2n) is 3.53. The molecule has 0 amide bonds. The summed E-state index contributed by atoms with van der Waals surface area (Å²) in [6.45, 7) is -0.238. The van der Waals surface area contributed by atoms with E-state index in [4.69, 9.17) is 15.3 Å². The highest BCUT2D eigenvalue weighted by Gasteiger charge is 2.31. The van der Waals surface area contributed by atoms with Crippen molar-refractivity contribution in [1.29, 1.82) is 0 Å². The lowest BCUT2D eigenvalue weighted by Gasteiger charge is -2.08. The molecule has 5 N–H and O–H groups in total. The van der Waals surface area contributed by atoms with Crippen LogP contribution in [-0.4, -0.2) is 50.4 Å². The van der Waals surface area contributed by atoms with Gasteiger partial charge in [-0.1, -0.05) is 0 Å². The highest BCUT2D eigenvalue weighted by Crippen LogP contribution is 2.17. The lowest BCUT2D eigenvalue weighted by molar-refractivity contribution is -0.107. The molecule has 2 heterocycles. The number of aromatic amines is 2. The molecule has 1 aliphatic rings. The van der Waals surface area contributed by atoms with Crippen molar-refractivity contribution in [2.24, 2.45) is 0 Å². The quantitative estimate of drug-likeness (QED) is 0.416. The summed E-state index contributed by atoms with van der Waals surface area (Å²) in [4.78, 5) is 25.1. The van der Waals surface area contributed by atoms with Crippen molar-refractivity contribution < 1.29 is 20.1 Å². The van der Waals surface area contributed by atoms with Gasteiger partial charge in [-0.3, -0.25) is 9.78 Å². The first-order chi connectivity index (χ1) is 8.43. The van der Waals surface area contributed by atoms with Gasteiger partial charge in [0.25, 0.3) is 5.56 Å². The number of hydrogen-bond acceptors (Lipinski definition) is 6. The molecule has 1 unspecified atom stereocenters. The van der Waals surface area contributed by atoms with Gasteiger partial charge in [-0.15, -0.1) is 0 Å². The Morgan fingerprint density at radius 2 is 2.11 bits per heavy atom. The molecule has 102 valence electrons. The Morgan fingerprint density at radius 3 is 2.44 bits per heavy atom. The first-order valence-corrected chi connectivity index (χ1v) is 5.83. The van der Waals surface area contributed by atoms with Crippen LogP contribution in [0.4, 0.5) is 0 Å². The molecule has 2 rings (SSSR count). The lowest BCUT2D eigenvalue weighted by atomic mass is 10.2. The predicted octanol–water partition coefficient (Wildman–Crippen LogP) is -1.73. The molecular weight excluding hydrogens is 312 g/mol. The Balaban J connectivity index is 0.000000180. The Labute approximate surface area is 109 Å². The summed E-state index contributed by atoms with van der Waals surface area (Å²) in [5, 5.41) is 26.1. The maximum absolute atomic E-state index is 10.5. The Bertz CT molecular complexity index is 486. The van der Waals surface area contributed by atoms with Gasteiger partial charge in [0.05, 0.1) is 17.2 Å². The molecule has 1 aliphatic heterocycles. The molecule has 0 saturated carbocycles.